The minimum atomic E-state index is -4.65. The van der Waals surface area contributed by atoms with Gasteiger partial charge in [0.25, 0.3) is 5.22 Å². The number of thioether (sulfide) groups is 1. The van der Waals surface area contributed by atoms with E-state index in [4.69, 9.17) is 16.0 Å². The van der Waals surface area contributed by atoms with Crippen molar-refractivity contribution >= 4 is 35.0 Å². The van der Waals surface area contributed by atoms with Gasteiger partial charge in [-0.1, -0.05) is 41.1 Å². The molecule has 5 nitrogen and oxygen atoms in total. The number of halogens is 4. The molecule has 0 saturated heterocycles. The van der Waals surface area contributed by atoms with E-state index in [9.17, 15) is 18.0 Å². The summed E-state index contributed by atoms with van der Waals surface area (Å²) in [6, 6.07) is 10.6. The van der Waals surface area contributed by atoms with Gasteiger partial charge < -0.3 is 9.73 Å². The Bertz CT molecular complexity index is 1020. The van der Waals surface area contributed by atoms with Crippen molar-refractivity contribution in [3.63, 3.8) is 0 Å². The zero-order valence-electron chi connectivity index (χ0n) is 15.2. The van der Waals surface area contributed by atoms with Gasteiger partial charge >= 0.3 is 6.18 Å². The molecule has 10 heteroatoms. The highest BCUT2D eigenvalue weighted by Gasteiger charge is 2.34. The number of aromatic nitrogens is 2. The summed E-state index contributed by atoms with van der Waals surface area (Å²) in [6.07, 6.45) is -4.65. The molecule has 1 amide bonds. The van der Waals surface area contributed by atoms with Gasteiger partial charge in [0.05, 0.1) is 16.5 Å². The number of amides is 1. The van der Waals surface area contributed by atoms with Crippen LogP contribution in [0.15, 0.2) is 52.1 Å². The molecule has 0 aliphatic carbocycles. The molecule has 0 saturated carbocycles. The van der Waals surface area contributed by atoms with Crippen LogP contribution in [0.4, 0.5) is 18.9 Å². The molecule has 3 rings (SSSR count). The molecule has 1 atom stereocenters. The Balaban J connectivity index is 1.70. The van der Waals surface area contributed by atoms with Gasteiger partial charge in [0.2, 0.25) is 11.8 Å². The smallest absolute Gasteiger partial charge is 0.411 e. The molecule has 1 aromatic heterocycles. The Morgan fingerprint density at radius 2 is 1.86 bits per heavy atom. The van der Waals surface area contributed by atoms with Gasteiger partial charge in [-0.15, -0.1) is 10.2 Å². The number of nitrogens with zero attached hydrogens (tertiary/aromatic N) is 2. The van der Waals surface area contributed by atoms with Crippen molar-refractivity contribution in [1.29, 1.82) is 0 Å². The second kappa shape index (κ2) is 8.46. The molecule has 3 aromatic rings. The number of carbonyl (C=O) groups is 1. The van der Waals surface area contributed by atoms with E-state index in [2.05, 4.69) is 15.5 Å². The van der Waals surface area contributed by atoms with Gasteiger partial charge in [0.15, 0.2) is 0 Å². The van der Waals surface area contributed by atoms with Crippen LogP contribution in [0.2, 0.25) is 5.02 Å². The Labute approximate surface area is 173 Å². The number of anilines is 1. The number of benzene rings is 2. The van der Waals surface area contributed by atoms with Gasteiger partial charge in [-0.2, -0.15) is 13.2 Å². The third kappa shape index (κ3) is 5.30. The van der Waals surface area contributed by atoms with Crippen LogP contribution in [0.5, 0.6) is 0 Å². The van der Waals surface area contributed by atoms with E-state index in [0.29, 0.717) is 0 Å². The lowest BCUT2D eigenvalue weighted by Gasteiger charge is -2.15. The number of carbonyl (C=O) groups excluding carboxylic acids is 1. The summed E-state index contributed by atoms with van der Waals surface area (Å²) in [5.41, 5.74) is 0.414. The maximum atomic E-state index is 13.2. The van der Waals surface area contributed by atoms with Gasteiger partial charge in [0.1, 0.15) is 0 Å². The largest absolute Gasteiger partial charge is 0.418 e. The summed E-state index contributed by atoms with van der Waals surface area (Å²) in [7, 11) is 0. The van der Waals surface area contributed by atoms with E-state index in [-0.39, 0.29) is 21.8 Å². The predicted octanol–water partition coefficient (Wildman–Crippen LogP) is 5.84. The van der Waals surface area contributed by atoms with Gasteiger partial charge in [0, 0.05) is 10.6 Å². The third-order valence-electron chi connectivity index (χ3n) is 3.90. The first-order chi connectivity index (χ1) is 13.6. The molecule has 0 bridgehead atoms. The standard InChI is InChI=1S/C19H15ClF3N3O2S/c1-10-3-5-12(6-4-10)17-25-26-18(28-17)29-11(2)16(27)24-15-8-7-13(20)9-14(15)19(21,22)23/h3-9,11H,1-2H3,(H,24,27). The second-order valence-electron chi connectivity index (χ2n) is 6.18. The van der Waals surface area contributed by atoms with Crippen LogP contribution >= 0.6 is 23.4 Å². The summed E-state index contributed by atoms with van der Waals surface area (Å²) in [5, 5.41) is 9.38. The first-order valence-corrected chi connectivity index (χ1v) is 9.64. The maximum Gasteiger partial charge on any atom is 0.418 e. The quantitative estimate of drug-likeness (QED) is 0.504. The van der Waals surface area contributed by atoms with Crippen LogP contribution in [0.3, 0.4) is 0 Å². The molecule has 0 radical (unpaired) electrons. The molecule has 0 fully saturated rings. The van der Waals surface area contributed by atoms with Crippen LogP contribution in [0.1, 0.15) is 18.1 Å². The number of aryl methyl sites for hydroxylation is 1. The first-order valence-electron chi connectivity index (χ1n) is 8.38. The average Bonchev–Trinajstić information content (AvgIpc) is 3.11. The molecule has 0 aliphatic heterocycles. The zero-order valence-corrected chi connectivity index (χ0v) is 16.8. The molecular formula is C19H15ClF3N3O2S. The van der Waals surface area contributed by atoms with Crippen LogP contribution in [-0.4, -0.2) is 21.4 Å². The highest BCUT2D eigenvalue weighted by molar-refractivity contribution is 8.00. The summed E-state index contributed by atoms with van der Waals surface area (Å²) in [6.45, 7) is 3.48. The van der Waals surface area contributed by atoms with Crippen LogP contribution < -0.4 is 5.32 Å². The molecular weight excluding hydrogens is 427 g/mol. The van der Waals surface area contributed by atoms with Gasteiger partial charge in [-0.25, -0.2) is 0 Å². The van der Waals surface area contributed by atoms with Crippen molar-refractivity contribution in [2.45, 2.75) is 30.5 Å². The normalized spacial score (nSPS) is 12.6. The molecule has 0 aliphatic rings. The van der Waals surface area contributed by atoms with E-state index in [1.54, 1.807) is 0 Å². The first kappa shape index (κ1) is 21.2. The van der Waals surface area contributed by atoms with E-state index >= 15 is 0 Å². The van der Waals surface area contributed by atoms with Gasteiger partial charge in [-0.05, 0) is 44.2 Å². The fourth-order valence-electron chi connectivity index (χ4n) is 2.37. The van der Waals surface area contributed by atoms with Crippen molar-refractivity contribution in [3.05, 3.63) is 58.6 Å². The number of alkyl halides is 3. The fourth-order valence-corrected chi connectivity index (χ4v) is 3.22. The van der Waals surface area contributed by atoms with E-state index < -0.39 is 22.9 Å². The Morgan fingerprint density at radius 1 is 1.17 bits per heavy atom. The summed E-state index contributed by atoms with van der Waals surface area (Å²) >= 11 is 6.59. The monoisotopic (exact) mass is 441 g/mol. The van der Waals surface area contributed by atoms with Crippen LogP contribution in [0, 0.1) is 6.92 Å². The predicted molar refractivity (Wildman–Crippen MR) is 105 cm³/mol. The average molecular weight is 442 g/mol. The Hall–Kier alpha value is -2.52. The number of nitrogens with one attached hydrogen (secondary N) is 1. The topological polar surface area (TPSA) is 68.0 Å². The van der Waals surface area contributed by atoms with Crippen molar-refractivity contribution in [2.24, 2.45) is 0 Å². The molecule has 29 heavy (non-hydrogen) atoms. The van der Waals surface area contributed by atoms with E-state index in [0.717, 1.165) is 35.0 Å². The zero-order chi connectivity index (χ0) is 21.2. The lowest BCUT2D eigenvalue weighted by molar-refractivity contribution is -0.137. The number of hydrogen-bond donors (Lipinski definition) is 1. The minimum absolute atomic E-state index is 0.0766. The lowest BCUT2D eigenvalue weighted by atomic mass is 10.1. The molecule has 1 N–H and O–H groups in total. The summed E-state index contributed by atoms with van der Waals surface area (Å²) in [5.74, 6) is -0.352. The van der Waals surface area contributed by atoms with Gasteiger partial charge in [-0.3, -0.25) is 4.79 Å². The minimum Gasteiger partial charge on any atom is -0.411 e. The number of rotatable bonds is 5. The SMILES string of the molecule is Cc1ccc(-c2nnc(SC(C)C(=O)Nc3ccc(Cl)cc3C(F)(F)F)o2)cc1. The van der Waals surface area contributed by atoms with Crippen molar-refractivity contribution in [2.75, 3.05) is 5.32 Å². The Morgan fingerprint density at radius 3 is 2.52 bits per heavy atom. The molecule has 2 aromatic carbocycles. The number of hydrogen-bond acceptors (Lipinski definition) is 5. The highest BCUT2D eigenvalue weighted by atomic mass is 35.5. The lowest BCUT2D eigenvalue weighted by Crippen LogP contribution is -2.24. The van der Waals surface area contributed by atoms with E-state index in [1.165, 1.54) is 13.0 Å². The highest BCUT2D eigenvalue weighted by Crippen LogP contribution is 2.37. The third-order valence-corrected chi connectivity index (χ3v) is 5.07. The molecule has 1 heterocycles. The van der Waals surface area contributed by atoms with Crippen molar-refractivity contribution < 1.29 is 22.4 Å². The molecule has 152 valence electrons. The van der Waals surface area contributed by atoms with Crippen LogP contribution in [0.25, 0.3) is 11.5 Å². The maximum absolute atomic E-state index is 13.2. The molecule has 0 spiro atoms. The fraction of sp³-hybridized carbons (Fsp3) is 0.211. The Kier molecular flexibility index (Phi) is 6.18. The van der Waals surface area contributed by atoms with Crippen LogP contribution in [-0.2, 0) is 11.0 Å². The summed E-state index contributed by atoms with van der Waals surface area (Å²) in [4.78, 5) is 12.4. The van der Waals surface area contributed by atoms with Crippen molar-refractivity contribution in [3.8, 4) is 11.5 Å². The second-order valence-corrected chi connectivity index (χ2v) is 7.90. The van der Waals surface area contributed by atoms with Crippen molar-refractivity contribution in [1.82, 2.24) is 10.2 Å². The summed E-state index contributed by atoms with van der Waals surface area (Å²) < 4.78 is 45.0. The van der Waals surface area contributed by atoms with E-state index in [1.807, 2.05) is 31.2 Å². The molecule has 1 unspecified atom stereocenters.